The van der Waals surface area contributed by atoms with Gasteiger partial charge in [-0.1, -0.05) is 6.92 Å². The third-order valence-electron chi connectivity index (χ3n) is 2.54. The molecule has 0 aliphatic rings. The zero-order chi connectivity index (χ0) is 11.8. The molecule has 5 nitrogen and oxygen atoms in total. The zero-order valence-corrected chi connectivity index (χ0v) is 9.69. The van der Waals surface area contributed by atoms with Crippen LogP contribution in [0.4, 0.5) is 0 Å². The van der Waals surface area contributed by atoms with Gasteiger partial charge in [0.15, 0.2) is 0 Å². The lowest BCUT2D eigenvalue weighted by Crippen LogP contribution is -2.40. The molecule has 0 bridgehead atoms. The average Bonchev–Trinajstić information content (AvgIpc) is 2.24. The van der Waals surface area contributed by atoms with Crippen LogP contribution in [-0.4, -0.2) is 43.4 Å². The van der Waals surface area contributed by atoms with Gasteiger partial charge in [0.25, 0.3) is 0 Å². The summed E-state index contributed by atoms with van der Waals surface area (Å²) in [5.41, 5.74) is 5.40. The Kier molecular flexibility index (Phi) is 7.29. The summed E-state index contributed by atoms with van der Waals surface area (Å²) in [6.07, 6.45) is 0.0248. The largest absolute Gasteiger partial charge is 0.396 e. The number of rotatable bonds is 7. The normalized spacial score (nSPS) is 16.9. The molecule has 1 amide bonds. The molecule has 0 saturated carbocycles. The number of carbonyl (C=O) groups is 1. The SMILES string of the molecule is COC(CN)CC(=O)NC(C)C(C)CO. The summed E-state index contributed by atoms with van der Waals surface area (Å²) < 4.78 is 5.00. The van der Waals surface area contributed by atoms with Gasteiger partial charge in [-0.2, -0.15) is 0 Å². The molecule has 0 fully saturated rings. The number of methoxy groups -OCH3 is 1. The fourth-order valence-corrected chi connectivity index (χ4v) is 1.08. The molecule has 0 aromatic rings. The molecular weight excluding hydrogens is 196 g/mol. The van der Waals surface area contributed by atoms with Crippen molar-refractivity contribution in [1.29, 1.82) is 0 Å². The number of aliphatic hydroxyl groups is 1. The first-order valence-electron chi connectivity index (χ1n) is 5.18. The minimum atomic E-state index is -0.235. The number of nitrogens with one attached hydrogen (secondary N) is 1. The average molecular weight is 218 g/mol. The quantitative estimate of drug-likeness (QED) is 0.537. The zero-order valence-electron chi connectivity index (χ0n) is 9.69. The van der Waals surface area contributed by atoms with Crippen LogP contribution in [0.2, 0.25) is 0 Å². The number of nitrogens with two attached hydrogens (primary N) is 1. The van der Waals surface area contributed by atoms with Crippen LogP contribution >= 0.6 is 0 Å². The van der Waals surface area contributed by atoms with Crippen LogP contribution in [0.15, 0.2) is 0 Å². The van der Waals surface area contributed by atoms with Gasteiger partial charge in [0, 0.05) is 26.3 Å². The van der Waals surface area contributed by atoms with E-state index in [1.165, 1.54) is 7.11 Å². The van der Waals surface area contributed by atoms with Crippen molar-refractivity contribution >= 4 is 5.91 Å². The van der Waals surface area contributed by atoms with E-state index in [1.54, 1.807) is 0 Å². The molecule has 3 atom stereocenters. The molecule has 0 aromatic carbocycles. The highest BCUT2D eigenvalue weighted by Crippen LogP contribution is 2.02. The first-order chi connectivity index (χ1) is 7.04. The van der Waals surface area contributed by atoms with E-state index < -0.39 is 0 Å². The molecule has 0 radical (unpaired) electrons. The standard InChI is InChI=1S/C10H22N2O3/c1-7(6-13)8(2)12-10(14)4-9(5-11)15-3/h7-9,13H,4-6,11H2,1-3H3,(H,12,14). The van der Waals surface area contributed by atoms with Crippen LogP contribution in [-0.2, 0) is 9.53 Å². The molecule has 0 aliphatic heterocycles. The van der Waals surface area contributed by atoms with Crippen molar-refractivity contribution in [1.82, 2.24) is 5.32 Å². The highest BCUT2D eigenvalue weighted by molar-refractivity contribution is 5.76. The monoisotopic (exact) mass is 218 g/mol. The highest BCUT2D eigenvalue weighted by atomic mass is 16.5. The summed E-state index contributed by atoms with van der Waals surface area (Å²) in [6.45, 7) is 4.13. The predicted octanol–water partition coefficient (Wildman–Crippen LogP) is -0.517. The predicted molar refractivity (Wildman–Crippen MR) is 58.3 cm³/mol. The second-order valence-electron chi connectivity index (χ2n) is 3.81. The van der Waals surface area contributed by atoms with Gasteiger partial charge in [0.05, 0.1) is 12.5 Å². The first-order valence-corrected chi connectivity index (χ1v) is 5.18. The number of aliphatic hydroxyl groups excluding tert-OH is 1. The van der Waals surface area contributed by atoms with E-state index in [2.05, 4.69) is 5.32 Å². The Morgan fingerprint density at radius 3 is 2.53 bits per heavy atom. The molecule has 15 heavy (non-hydrogen) atoms. The lowest BCUT2D eigenvalue weighted by molar-refractivity contribution is -0.124. The van der Waals surface area contributed by atoms with Crippen molar-refractivity contribution in [3.8, 4) is 0 Å². The number of ether oxygens (including phenoxy) is 1. The second-order valence-corrected chi connectivity index (χ2v) is 3.81. The number of hydrogen-bond acceptors (Lipinski definition) is 4. The van der Waals surface area contributed by atoms with Crippen molar-refractivity contribution in [3.05, 3.63) is 0 Å². The lowest BCUT2D eigenvalue weighted by Gasteiger charge is -2.20. The third-order valence-corrected chi connectivity index (χ3v) is 2.54. The van der Waals surface area contributed by atoms with Gasteiger partial charge in [-0.15, -0.1) is 0 Å². The minimum absolute atomic E-state index is 0.0437. The van der Waals surface area contributed by atoms with Gasteiger partial charge < -0.3 is 20.9 Å². The molecule has 90 valence electrons. The smallest absolute Gasteiger partial charge is 0.222 e. The Bertz CT molecular complexity index is 184. The van der Waals surface area contributed by atoms with E-state index in [-0.39, 0.29) is 37.0 Å². The fraction of sp³-hybridized carbons (Fsp3) is 0.900. The molecule has 0 aliphatic carbocycles. The minimum Gasteiger partial charge on any atom is -0.396 e. The number of amides is 1. The Balaban J connectivity index is 3.92. The second kappa shape index (κ2) is 7.62. The van der Waals surface area contributed by atoms with E-state index >= 15 is 0 Å². The summed E-state index contributed by atoms with van der Waals surface area (Å²) in [5.74, 6) is -0.0482. The van der Waals surface area contributed by atoms with Crippen LogP contribution < -0.4 is 11.1 Å². The van der Waals surface area contributed by atoms with E-state index in [1.807, 2.05) is 13.8 Å². The molecule has 0 spiro atoms. The third kappa shape index (κ3) is 5.71. The summed E-state index contributed by atoms with van der Waals surface area (Å²) >= 11 is 0. The number of hydrogen-bond donors (Lipinski definition) is 3. The van der Waals surface area contributed by atoms with Crippen molar-refractivity contribution in [2.24, 2.45) is 11.7 Å². The topological polar surface area (TPSA) is 84.6 Å². The van der Waals surface area contributed by atoms with Crippen molar-refractivity contribution in [3.63, 3.8) is 0 Å². The van der Waals surface area contributed by atoms with Crippen LogP contribution in [0.1, 0.15) is 20.3 Å². The molecule has 3 unspecified atom stereocenters. The summed E-state index contributed by atoms with van der Waals surface area (Å²) in [4.78, 5) is 11.5. The Labute approximate surface area is 91.0 Å². The van der Waals surface area contributed by atoms with Crippen molar-refractivity contribution < 1.29 is 14.6 Å². The van der Waals surface area contributed by atoms with Crippen LogP contribution in [0.3, 0.4) is 0 Å². The highest BCUT2D eigenvalue weighted by Gasteiger charge is 2.16. The Morgan fingerprint density at radius 2 is 2.13 bits per heavy atom. The van der Waals surface area contributed by atoms with Gasteiger partial charge >= 0.3 is 0 Å². The Hall–Kier alpha value is -0.650. The maximum atomic E-state index is 11.5. The molecule has 0 aromatic heterocycles. The summed E-state index contributed by atoms with van der Waals surface area (Å²) in [5, 5.41) is 11.7. The van der Waals surface area contributed by atoms with Crippen molar-refractivity contribution in [2.75, 3.05) is 20.3 Å². The van der Waals surface area contributed by atoms with E-state index in [9.17, 15) is 4.79 Å². The summed E-state index contributed by atoms with van der Waals surface area (Å²) in [6, 6.07) is -0.0437. The molecular formula is C10H22N2O3. The van der Waals surface area contributed by atoms with Crippen LogP contribution in [0.5, 0.6) is 0 Å². The van der Waals surface area contributed by atoms with Gasteiger partial charge in [0.2, 0.25) is 5.91 Å². The van der Waals surface area contributed by atoms with Gasteiger partial charge in [0.1, 0.15) is 0 Å². The molecule has 0 saturated heterocycles. The van der Waals surface area contributed by atoms with E-state index in [0.29, 0.717) is 6.54 Å². The maximum absolute atomic E-state index is 11.5. The maximum Gasteiger partial charge on any atom is 0.222 e. The Morgan fingerprint density at radius 1 is 1.53 bits per heavy atom. The van der Waals surface area contributed by atoms with Gasteiger partial charge in [-0.25, -0.2) is 0 Å². The van der Waals surface area contributed by atoms with Gasteiger partial charge in [-0.3, -0.25) is 4.79 Å². The first kappa shape index (κ1) is 14.3. The van der Waals surface area contributed by atoms with Crippen LogP contribution in [0, 0.1) is 5.92 Å². The lowest BCUT2D eigenvalue weighted by atomic mass is 10.0. The van der Waals surface area contributed by atoms with Gasteiger partial charge in [-0.05, 0) is 12.8 Å². The molecule has 5 heteroatoms. The van der Waals surface area contributed by atoms with Crippen LogP contribution in [0.25, 0.3) is 0 Å². The molecule has 0 heterocycles. The van der Waals surface area contributed by atoms with E-state index in [4.69, 9.17) is 15.6 Å². The van der Waals surface area contributed by atoms with E-state index in [0.717, 1.165) is 0 Å². The molecule has 4 N–H and O–H groups in total. The molecule has 0 rings (SSSR count). The van der Waals surface area contributed by atoms with Crippen molar-refractivity contribution in [2.45, 2.75) is 32.4 Å². The number of carbonyl (C=O) groups excluding carboxylic acids is 1. The summed E-state index contributed by atoms with van der Waals surface area (Å²) in [7, 11) is 1.53. The fourth-order valence-electron chi connectivity index (χ4n) is 1.08.